The van der Waals surface area contributed by atoms with Crippen LogP contribution in [0.15, 0.2) is 74.7 Å². The molecule has 0 spiro atoms. The summed E-state index contributed by atoms with van der Waals surface area (Å²) < 4.78 is 3.14. The minimum atomic E-state index is 0.0277. The number of ketones is 1. The van der Waals surface area contributed by atoms with Crippen molar-refractivity contribution in [3.05, 3.63) is 91.8 Å². The second kappa shape index (κ2) is 8.99. The highest BCUT2D eigenvalue weighted by molar-refractivity contribution is 9.10. The lowest BCUT2D eigenvalue weighted by Gasteiger charge is -2.09. The summed E-state index contributed by atoms with van der Waals surface area (Å²) in [6.45, 7) is 5.50. The molecule has 2 aromatic carbocycles. The van der Waals surface area contributed by atoms with Crippen molar-refractivity contribution in [3.63, 3.8) is 0 Å². The maximum atomic E-state index is 11.7. The van der Waals surface area contributed by atoms with Gasteiger partial charge in [-0.2, -0.15) is 5.10 Å². The van der Waals surface area contributed by atoms with Crippen molar-refractivity contribution >= 4 is 39.3 Å². The molecule has 0 radical (unpaired) electrons. The number of hydrogen-bond donors (Lipinski definition) is 1. The van der Waals surface area contributed by atoms with Crippen molar-refractivity contribution in [1.82, 2.24) is 9.55 Å². The van der Waals surface area contributed by atoms with E-state index in [0.717, 1.165) is 37.6 Å². The summed E-state index contributed by atoms with van der Waals surface area (Å²) in [5, 5.41) is 10.9. The van der Waals surface area contributed by atoms with Gasteiger partial charge in [-0.15, -0.1) is 16.4 Å². The first-order valence-electron chi connectivity index (χ1n) is 9.73. The summed E-state index contributed by atoms with van der Waals surface area (Å²) in [5.74, 6) is 0.0277. The summed E-state index contributed by atoms with van der Waals surface area (Å²) in [5.41, 5.74) is 6.61. The van der Waals surface area contributed by atoms with E-state index >= 15 is 0 Å². The molecule has 0 aliphatic carbocycles. The van der Waals surface area contributed by atoms with Gasteiger partial charge in [0.05, 0.1) is 17.6 Å². The molecule has 1 N–H and O–H groups in total. The van der Waals surface area contributed by atoms with Crippen LogP contribution in [0.3, 0.4) is 0 Å². The van der Waals surface area contributed by atoms with E-state index < -0.39 is 0 Å². The number of rotatable bonds is 5. The quantitative estimate of drug-likeness (QED) is 0.205. The number of nitrogens with one attached hydrogen (secondary N) is 1. The fraction of sp³-hybridized carbons (Fsp3) is 0.125. The number of H-pyrrole nitrogens is 1. The van der Waals surface area contributed by atoms with Crippen LogP contribution in [0.5, 0.6) is 0 Å². The number of hydrogen-bond acceptors (Lipinski definition) is 4. The molecule has 31 heavy (non-hydrogen) atoms. The molecule has 156 valence electrons. The van der Waals surface area contributed by atoms with Gasteiger partial charge >= 0.3 is 0 Å². The number of nitrogens with zero attached hydrogens (tertiary/aromatic N) is 3. The molecule has 0 atom stereocenters. The SMILES string of the molecule is CC(=O)c1cc(/C=N\N=c2\scc(-c3ccc(Br)cc3)n2-c2ccc(C)cc2)[nH]c1C. The van der Waals surface area contributed by atoms with Crippen molar-refractivity contribution in [1.29, 1.82) is 0 Å². The Hall–Kier alpha value is -3.03. The number of carbonyl (C=O) groups excluding carboxylic acids is 1. The number of aryl methyl sites for hydroxylation is 2. The molecule has 0 fully saturated rings. The molecule has 0 unspecified atom stereocenters. The molecule has 4 rings (SSSR count). The van der Waals surface area contributed by atoms with Gasteiger partial charge in [0.2, 0.25) is 4.80 Å². The average molecular weight is 493 g/mol. The Morgan fingerprint density at radius 2 is 1.81 bits per heavy atom. The van der Waals surface area contributed by atoms with Crippen LogP contribution in [-0.4, -0.2) is 21.5 Å². The molecule has 0 aliphatic heterocycles. The normalized spacial score (nSPS) is 12.1. The van der Waals surface area contributed by atoms with Gasteiger partial charge in [0.1, 0.15) is 0 Å². The first-order valence-corrected chi connectivity index (χ1v) is 11.4. The molecule has 0 amide bonds. The van der Waals surface area contributed by atoms with Crippen LogP contribution >= 0.6 is 27.3 Å². The van der Waals surface area contributed by atoms with Crippen molar-refractivity contribution in [2.75, 3.05) is 0 Å². The van der Waals surface area contributed by atoms with E-state index in [1.165, 1.54) is 16.9 Å². The molecular formula is C24H21BrN4OS. The van der Waals surface area contributed by atoms with Gasteiger partial charge in [0, 0.05) is 26.8 Å². The standard InChI is InChI=1S/C24H21BrN4OS/c1-15-4-10-21(11-5-15)29-23(18-6-8-19(25)9-7-18)14-31-24(29)28-26-13-20-12-22(17(3)30)16(2)27-20/h4-14,27H,1-3H3/b26-13-,28-24+. The largest absolute Gasteiger partial charge is 0.357 e. The zero-order valence-electron chi connectivity index (χ0n) is 17.4. The van der Waals surface area contributed by atoms with Crippen molar-refractivity contribution in [2.24, 2.45) is 10.2 Å². The van der Waals surface area contributed by atoms with Gasteiger partial charge in [-0.25, -0.2) is 0 Å². The third kappa shape index (κ3) is 4.68. The predicted octanol–water partition coefficient (Wildman–Crippen LogP) is 6.05. The fourth-order valence-electron chi connectivity index (χ4n) is 3.31. The van der Waals surface area contributed by atoms with Gasteiger partial charge in [0.15, 0.2) is 5.78 Å². The van der Waals surface area contributed by atoms with Gasteiger partial charge in [-0.05, 0) is 56.7 Å². The average Bonchev–Trinajstić information content (AvgIpc) is 3.33. The summed E-state index contributed by atoms with van der Waals surface area (Å²) in [7, 11) is 0. The van der Waals surface area contributed by atoms with E-state index in [1.807, 2.05) is 19.1 Å². The second-order valence-electron chi connectivity index (χ2n) is 7.25. The smallest absolute Gasteiger partial charge is 0.215 e. The first-order chi connectivity index (χ1) is 14.9. The van der Waals surface area contributed by atoms with Gasteiger partial charge in [-0.1, -0.05) is 45.8 Å². The van der Waals surface area contributed by atoms with E-state index in [2.05, 4.69) is 84.4 Å². The topological polar surface area (TPSA) is 62.5 Å². The number of aromatic amines is 1. The molecule has 0 aliphatic rings. The third-order valence-electron chi connectivity index (χ3n) is 4.90. The number of carbonyl (C=O) groups is 1. The van der Waals surface area contributed by atoms with Gasteiger partial charge in [-0.3, -0.25) is 9.36 Å². The molecule has 5 nitrogen and oxygen atoms in total. The van der Waals surface area contributed by atoms with Crippen molar-refractivity contribution < 1.29 is 4.79 Å². The van der Waals surface area contributed by atoms with Crippen LogP contribution in [0, 0.1) is 13.8 Å². The van der Waals surface area contributed by atoms with Crippen molar-refractivity contribution in [2.45, 2.75) is 20.8 Å². The van der Waals surface area contributed by atoms with E-state index in [4.69, 9.17) is 0 Å². The Bertz CT molecular complexity index is 1330. The minimum absolute atomic E-state index is 0.0277. The van der Waals surface area contributed by atoms with Crippen LogP contribution < -0.4 is 4.80 Å². The van der Waals surface area contributed by atoms with Crippen LogP contribution in [-0.2, 0) is 0 Å². The molecular weight excluding hydrogens is 472 g/mol. The Balaban J connectivity index is 1.78. The number of aromatic nitrogens is 2. The maximum absolute atomic E-state index is 11.7. The summed E-state index contributed by atoms with van der Waals surface area (Å²) >= 11 is 5.03. The number of halogens is 1. The molecule has 0 saturated heterocycles. The van der Waals surface area contributed by atoms with Crippen LogP contribution in [0.1, 0.15) is 34.2 Å². The Labute approximate surface area is 192 Å². The number of Topliss-reactive ketones (excluding diaryl/α,β-unsaturated/α-hetero) is 1. The van der Waals surface area contributed by atoms with Crippen molar-refractivity contribution in [3.8, 4) is 16.9 Å². The number of thiazole rings is 1. The van der Waals surface area contributed by atoms with E-state index in [0.29, 0.717) is 5.56 Å². The number of benzene rings is 2. The fourth-order valence-corrected chi connectivity index (χ4v) is 4.43. The highest BCUT2D eigenvalue weighted by Gasteiger charge is 2.11. The molecule has 2 aromatic heterocycles. The zero-order valence-corrected chi connectivity index (χ0v) is 19.8. The summed E-state index contributed by atoms with van der Waals surface area (Å²) in [4.78, 5) is 15.6. The zero-order chi connectivity index (χ0) is 22.0. The Kier molecular flexibility index (Phi) is 6.15. The van der Waals surface area contributed by atoms with Crippen LogP contribution in [0.4, 0.5) is 0 Å². The van der Waals surface area contributed by atoms with E-state index in [1.54, 1.807) is 19.2 Å². The maximum Gasteiger partial charge on any atom is 0.215 e. The minimum Gasteiger partial charge on any atom is -0.357 e. The third-order valence-corrected chi connectivity index (χ3v) is 6.24. The molecule has 2 heterocycles. The predicted molar refractivity (Wildman–Crippen MR) is 130 cm³/mol. The Morgan fingerprint density at radius 3 is 2.45 bits per heavy atom. The van der Waals surface area contributed by atoms with Gasteiger partial charge < -0.3 is 4.98 Å². The highest BCUT2D eigenvalue weighted by atomic mass is 79.9. The lowest BCUT2D eigenvalue weighted by molar-refractivity contribution is 0.101. The molecule has 0 bridgehead atoms. The van der Waals surface area contributed by atoms with Crippen LogP contribution in [0.2, 0.25) is 0 Å². The molecule has 4 aromatic rings. The highest BCUT2D eigenvalue weighted by Crippen LogP contribution is 2.25. The summed E-state index contributed by atoms with van der Waals surface area (Å²) in [6, 6.07) is 18.4. The first kappa shape index (κ1) is 21.2. The molecule has 7 heteroatoms. The lowest BCUT2D eigenvalue weighted by Crippen LogP contribution is -2.13. The van der Waals surface area contributed by atoms with E-state index in [9.17, 15) is 4.79 Å². The molecule has 0 saturated carbocycles. The van der Waals surface area contributed by atoms with E-state index in [-0.39, 0.29) is 5.78 Å². The van der Waals surface area contributed by atoms with Gasteiger partial charge in [0.25, 0.3) is 0 Å². The monoisotopic (exact) mass is 492 g/mol. The lowest BCUT2D eigenvalue weighted by atomic mass is 10.1. The Morgan fingerprint density at radius 1 is 1.10 bits per heavy atom. The second-order valence-corrected chi connectivity index (χ2v) is 9.00. The summed E-state index contributed by atoms with van der Waals surface area (Å²) in [6.07, 6.45) is 1.64. The van der Waals surface area contributed by atoms with Crippen LogP contribution in [0.25, 0.3) is 16.9 Å².